The van der Waals surface area contributed by atoms with Gasteiger partial charge in [-0.1, -0.05) is 0 Å². The number of nitrogens with zero attached hydrogens (tertiary/aromatic N) is 5. The maximum absolute atomic E-state index is 12.9. The van der Waals surface area contributed by atoms with Crippen molar-refractivity contribution in [3.63, 3.8) is 0 Å². The molecular weight excluding hydrogens is 326 g/mol. The molecule has 26 heavy (non-hydrogen) atoms. The molecule has 140 valence electrons. The molecule has 0 radical (unpaired) electrons. The Morgan fingerprint density at radius 3 is 2.38 bits per heavy atom. The number of benzene rings is 1. The van der Waals surface area contributed by atoms with Crippen LogP contribution in [0.25, 0.3) is 0 Å². The summed E-state index contributed by atoms with van der Waals surface area (Å²) in [6.07, 6.45) is 3.85. The van der Waals surface area contributed by atoms with Gasteiger partial charge in [-0.2, -0.15) is 5.10 Å². The smallest absolute Gasteiger partial charge is 0.254 e. The Kier molecular flexibility index (Phi) is 5.93. The fraction of sp³-hybridized carbons (Fsp3) is 0.500. The molecule has 0 atom stereocenters. The molecule has 3 rings (SSSR count). The molecule has 0 bridgehead atoms. The third-order valence-corrected chi connectivity index (χ3v) is 5.04. The van der Waals surface area contributed by atoms with Gasteiger partial charge in [0.1, 0.15) is 0 Å². The summed E-state index contributed by atoms with van der Waals surface area (Å²) in [6.45, 7) is 10.4. The van der Waals surface area contributed by atoms with Crippen molar-refractivity contribution in [1.29, 1.82) is 0 Å². The summed E-state index contributed by atoms with van der Waals surface area (Å²) < 4.78 is 1.89. The Hall–Kier alpha value is -2.34. The zero-order valence-corrected chi connectivity index (χ0v) is 16.1. The number of rotatable bonds is 6. The lowest BCUT2D eigenvalue weighted by molar-refractivity contribution is 0.0752. The van der Waals surface area contributed by atoms with Crippen molar-refractivity contribution in [2.45, 2.75) is 26.9 Å². The highest BCUT2D eigenvalue weighted by atomic mass is 16.2. The average Bonchev–Trinajstić information content (AvgIpc) is 3.14. The summed E-state index contributed by atoms with van der Waals surface area (Å²) in [7, 11) is 2.16. The van der Waals surface area contributed by atoms with Crippen molar-refractivity contribution in [1.82, 2.24) is 19.6 Å². The van der Waals surface area contributed by atoms with Crippen molar-refractivity contribution >= 4 is 11.6 Å². The summed E-state index contributed by atoms with van der Waals surface area (Å²) in [5, 5.41) is 4.29. The van der Waals surface area contributed by atoms with Crippen molar-refractivity contribution in [2.75, 3.05) is 44.7 Å². The zero-order chi connectivity index (χ0) is 18.5. The third kappa shape index (κ3) is 4.25. The Bertz CT molecular complexity index is 716. The highest BCUT2D eigenvalue weighted by Crippen LogP contribution is 2.18. The molecule has 2 aromatic rings. The minimum atomic E-state index is 0.0710. The number of amides is 1. The second kappa shape index (κ2) is 8.36. The van der Waals surface area contributed by atoms with Gasteiger partial charge in [0.15, 0.2) is 0 Å². The SMILES string of the molecule is CCN(Cc1cnn(CC)c1)C(=O)c1ccc(N2CCN(C)CC2)cc1. The highest BCUT2D eigenvalue weighted by molar-refractivity contribution is 5.94. The van der Waals surface area contributed by atoms with Gasteiger partial charge in [-0.15, -0.1) is 0 Å². The standard InChI is InChI=1S/C20H29N5O/c1-4-23(15-17-14-21-25(5-2)16-17)20(26)18-6-8-19(9-7-18)24-12-10-22(3)11-13-24/h6-9,14,16H,4-5,10-13,15H2,1-3H3. The summed E-state index contributed by atoms with van der Waals surface area (Å²) in [5.74, 6) is 0.0710. The normalized spacial score (nSPS) is 15.3. The number of piperazine rings is 1. The first-order valence-electron chi connectivity index (χ1n) is 9.45. The molecule has 0 N–H and O–H groups in total. The molecule has 0 unspecified atom stereocenters. The van der Waals surface area contributed by atoms with Gasteiger partial charge < -0.3 is 14.7 Å². The van der Waals surface area contributed by atoms with Crippen LogP contribution in [0, 0.1) is 0 Å². The molecule has 1 aliphatic rings. The van der Waals surface area contributed by atoms with Crippen LogP contribution in [-0.2, 0) is 13.1 Å². The fourth-order valence-electron chi connectivity index (χ4n) is 3.27. The van der Waals surface area contributed by atoms with Crippen LogP contribution >= 0.6 is 0 Å². The fourth-order valence-corrected chi connectivity index (χ4v) is 3.27. The molecule has 1 aromatic heterocycles. The first kappa shape index (κ1) is 18.5. The van der Waals surface area contributed by atoms with E-state index in [9.17, 15) is 4.79 Å². The van der Waals surface area contributed by atoms with Crippen LogP contribution < -0.4 is 4.90 Å². The number of carbonyl (C=O) groups excluding carboxylic acids is 1. The maximum atomic E-state index is 12.9. The van der Waals surface area contributed by atoms with Crippen LogP contribution in [0.3, 0.4) is 0 Å². The van der Waals surface area contributed by atoms with E-state index in [0.717, 1.165) is 43.9 Å². The van der Waals surface area contributed by atoms with Crippen LogP contribution in [0.4, 0.5) is 5.69 Å². The zero-order valence-electron chi connectivity index (χ0n) is 16.1. The third-order valence-electron chi connectivity index (χ3n) is 5.04. The minimum Gasteiger partial charge on any atom is -0.369 e. The quantitative estimate of drug-likeness (QED) is 0.798. The number of hydrogen-bond donors (Lipinski definition) is 0. The molecule has 1 aromatic carbocycles. The second-order valence-corrected chi connectivity index (χ2v) is 6.86. The Morgan fingerprint density at radius 2 is 1.81 bits per heavy atom. The highest BCUT2D eigenvalue weighted by Gasteiger charge is 2.17. The molecule has 6 nitrogen and oxygen atoms in total. The number of anilines is 1. The van der Waals surface area contributed by atoms with Crippen LogP contribution in [0.1, 0.15) is 29.8 Å². The maximum Gasteiger partial charge on any atom is 0.254 e. The number of carbonyl (C=O) groups is 1. The largest absolute Gasteiger partial charge is 0.369 e. The summed E-state index contributed by atoms with van der Waals surface area (Å²) >= 11 is 0. The number of aryl methyl sites for hydroxylation is 1. The van der Waals surface area contributed by atoms with E-state index in [0.29, 0.717) is 13.1 Å². The average molecular weight is 355 g/mol. The van der Waals surface area contributed by atoms with Gasteiger partial charge in [0, 0.05) is 68.8 Å². The first-order chi connectivity index (χ1) is 12.6. The number of aromatic nitrogens is 2. The number of hydrogen-bond acceptors (Lipinski definition) is 4. The molecule has 1 fully saturated rings. The lowest BCUT2D eigenvalue weighted by Crippen LogP contribution is -2.44. The summed E-state index contributed by atoms with van der Waals surface area (Å²) in [5.41, 5.74) is 3.01. The van der Waals surface area contributed by atoms with Gasteiger partial charge in [-0.25, -0.2) is 0 Å². The van der Waals surface area contributed by atoms with E-state index >= 15 is 0 Å². The van der Waals surface area contributed by atoms with Gasteiger partial charge in [-0.05, 0) is 45.2 Å². The van der Waals surface area contributed by atoms with E-state index in [-0.39, 0.29) is 5.91 Å². The van der Waals surface area contributed by atoms with E-state index in [2.05, 4.69) is 41.0 Å². The Morgan fingerprint density at radius 1 is 1.12 bits per heavy atom. The monoisotopic (exact) mass is 355 g/mol. The van der Waals surface area contributed by atoms with Crippen molar-refractivity contribution in [2.24, 2.45) is 0 Å². The molecule has 1 aliphatic heterocycles. The predicted octanol–water partition coefficient (Wildman–Crippen LogP) is 2.32. The lowest BCUT2D eigenvalue weighted by Gasteiger charge is -2.34. The molecule has 2 heterocycles. The second-order valence-electron chi connectivity index (χ2n) is 6.86. The van der Waals surface area contributed by atoms with Crippen LogP contribution in [0.2, 0.25) is 0 Å². The van der Waals surface area contributed by atoms with Crippen LogP contribution in [0.5, 0.6) is 0 Å². The van der Waals surface area contributed by atoms with Crippen LogP contribution in [-0.4, -0.2) is 65.3 Å². The topological polar surface area (TPSA) is 44.6 Å². The molecule has 0 saturated carbocycles. The minimum absolute atomic E-state index is 0.0710. The van der Waals surface area contributed by atoms with Crippen molar-refractivity contribution in [3.8, 4) is 0 Å². The predicted molar refractivity (Wildman–Crippen MR) is 104 cm³/mol. The van der Waals surface area contributed by atoms with Crippen molar-refractivity contribution in [3.05, 3.63) is 47.8 Å². The van der Waals surface area contributed by atoms with Gasteiger partial charge in [-0.3, -0.25) is 9.48 Å². The molecule has 0 spiro atoms. The van der Waals surface area contributed by atoms with Crippen LogP contribution in [0.15, 0.2) is 36.7 Å². The van der Waals surface area contributed by atoms with E-state index in [1.54, 1.807) is 0 Å². The Balaban J connectivity index is 1.65. The number of likely N-dealkylation sites (N-methyl/N-ethyl adjacent to an activating group) is 1. The molecule has 6 heteroatoms. The van der Waals surface area contributed by atoms with Gasteiger partial charge in [0.05, 0.1) is 6.20 Å². The van der Waals surface area contributed by atoms with E-state index in [1.165, 1.54) is 5.69 Å². The summed E-state index contributed by atoms with van der Waals surface area (Å²) in [6, 6.07) is 8.05. The molecular formula is C20H29N5O. The molecule has 1 saturated heterocycles. The molecule has 0 aliphatic carbocycles. The van der Waals surface area contributed by atoms with E-state index in [4.69, 9.17) is 0 Å². The van der Waals surface area contributed by atoms with Gasteiger partial charge in [0.25, 0.3) is 5.91 Å². The first-order valence-corrected chi connectivity index (χ1v) is 9.45. The van der Waals surface area contributed by atoms with Crippen molar-refractivity contribution < 1.29 is 4.79 Å². The molecule has 1 amide bonds. The van der Waals surface area contributed by atoms with E-state index in [1.807, 2.05) is 41.0 Å². The van der Waals surface area contributed by atoms with Gasteiger partial charge in [0.2, 0.25) is 0 Å². The lowest BCUT2D eigenvalue weighted by atomic mass is 10.1. The summed E-state index contributed by atoms with van der Waals surface area (Å²) in [4.78, 5) is 19.5. The van der Waals surface area contributed by atoms with Gasteiger partial charge >= 0.3 is 0 Å². The van der Waals surface area contributed by atoms with E-state index < -0.39 is 0 Å². The Labute approximate surface area is 156 Å².